The summed E-state index contributed by atoms with van der Waals surface area (Å²) in [4.78, 5) is 13.1. The molecule has 2 atom stereocenters. The molecule has 0 radical (unpaired) electrons. The van der Waals surface area contributed by atoms with E-state index in [4.69, 9.17) is 0 Å². The molecule has 1 amide bonds. The van der Waals surface area contributed by atoms with Crippen LogP contribution in [0.2, 0.25) is 0 Å². The molecule has 2 unspecified atom stereocenters. The number of benzene rings is 2. The molecule has 0 saturated carbocycles. The summed E-state index contributed by atoms with van der Waals surface area (Å²) in [7, 11) is -1.14. The van der Waals surface area contributed by atoms with E-state index in [0.717, 1.165) is 5.56 Å². The number of anilines is 1. The van der Waals surface area contributed by atoms with E-state index in [1.807, 2.05) is 41.9 Å². The summed E-state index contributed by atoms with van der Waals surface area (Å²) in [6, 6.07) is 14.9. The van der Waals surface area contributed by atoms with Crippen LogP contribution in [0.25, 0.3) is 0 Å². The summed E-state index contributed by atoms with van der Waals surface area (Å²) >= 11 is 1.26. The number of amides is 1. The third kappa shape index (κ3) is 5.36. The van der Waals surface area contributed by atoms with Gasteiger partial charge in [0.1, 0.15) is 16.9 Å². The van der Waals surface area contributed by atoms with Crippen molar-refractivity contribution in [3.63, 3.8) is 0 Å². The van der Waals surface area contributed by atoms with E-state index in [1.54, 1.807) is 0 Å². The van der Waals surface area contributed by atoms with Gasteiger partial charge >= 0.3 is 0 Å². The lowest BCUT2D eigenvalue weighted by molar-refractivity contribution is -0.115. The van der Waals surface area contributed by atoms with Crippen molar-refractivity contribution in [1.29, 1.82) is 0 Å². The van der Waals surface area contributed by atoms with Crippen LogP contribution in [-0.2, 0) is 28.1 Å². The van der Waals surface area contributed by atoms with E-state index in [2.05, 4.69) is 15.5 Å². The zero-order valence-electron chi connectivity index (χ0n) is 17.4. The largest absolute Gasteiger partial charge is 0.325 e. The molecule has 0 bridgehead atoms. The molecule has 0 aliphatic carbocycles. The molecule has 2 heterocycles. The first kappa shape index (κ1) is 22.5. The fourth-order valence-electron chi connectivity index (χ4n) is 3.66. The third-order valence-corrected chi connectivity index (χ3v) is 8.52. The average molecular weight is 475 g/mol. The van der Waals surface area contributed by atoms with Crippen LogP contribution in [0.4, 0.5) is 10.1 Å². The van der Waals surface area contributed by atoms with Crippen molar-refractivity contribution in [1.82, 2.24) is 14.8 Å². The van der Waals surface area contributed by atoms with E-state index < -0.39 is 15.1 Å². The lowest BCUT2D eigenvalue weighted by Gasteiger charge is -2.17. The molecule has 1 aromatic heterocycles. The van der Waals surface area contributed by atoms with Gasteiger partial charge in [0.2, 0.25) is 5.91 Å². The molecule has 1 saturated heterocycles. The van der Waals surface area contributed by atoms with Crippen molar-refractivity contribution < 1.29 is 17.6 Å². The highest BCUT2D eigenvalue weighted by molar-refractivity contribution is 8.00. The number of carbonyl (C=O) groups is 1. The highest BCUT2D eigenvalue weighted by Crippen LogP contribution is 2.35. The second-order valence-corrected chi connectivity index (χ2v) is 11.1. The van der Waals surface area contributed by atoms with Gasteiger partial charge in [-0.05, 0) is 42.2 Å². The Morgan fingerprint density at radius 1 is 1.19 bits per heavy atom. The minimum Gasteiger partial charge on any atom is -0.325 e. The minimum absolute atomic E-state index is 0.0347. The summed E-state index contributed by atoms with van der Waals surface area (Å²) in [5.74, 6) is 0.483. The third-order valence-electron chi connectivity index (χ3n) is 5.40. The van der Waals surface area contributed by atoms with Gasteiger partial charge in [0.15, 0.2) is 15.0 Å². The molecule has 2 aromatic carbocycles. The van der Waals surface area contributed by atoms with Crippen LogP contribution in [0.5, 0.6) is 0 Å². The second kappa shape index (κ2) is 9.41. The first-order chi connectivity index (χ1) is 15.3. The lowest BCUT2D eigenvalue weighted by Crippen LogP contribution is -2.19. The molecule has 4 rings (SSSR count). The first-order valence-corrected chi connectivity index (χ1v) is 12.9. The Labute approximate surface area is 190 Å². The standard InChI is InChI=1S/C22H23FN4O3S2/c1-27-19(13-15-11-12-32(29,30)14-15)25-26-22(27)31-20(16-5-3-2-4-6-16)21(28)24-18-9-7-17(23)8-10-18/h2-10,15,20H,11-14H2,1H3,(H,24,28). The van der Waals surface area contributed by atoms with Crippen LogP contribution in [0, 0.1) is 11.7 Å². The van der Waals surface area contributed by atoms with E-state index in [-0.39, 0.29) is 29.1 Å². The fraction of sp³-hybridized carbons (Fsp3) is 0.318. The summed E-state index contributed by atoms with van der Waals surface area (Å²) in [6.45, 7) is 0. The monoisotopic (exact) mass is 474 g/mol. The predicted molar refractivity (Wildman–Crippen MR) is 122 cm³/mol. The maximum atomic E-state index is 13.2. The van der Waals surface area contributed by atoms with Crippen molar-refractivity contribution in [2.75, 3.05) is 16.8 Å². The number of halogens is 1. The molecule has 1 aliphatic heterocycles. The molecule has 7 nitrogen and oxygen atoms in total. The van der Waals surface area contributed by atoms with Crippen LogP contribution in [0.15, 0.2) is 59.8 Å². The van der Waals surface area contributed by atoms with Gasteiger partial charge in [-0.15, -0.1) is 10.2 Å². The molecule has 0 spiro atoms. The Morgan fingerprint density at radius 3 is 2.56 bits per heavy atom. The van der Waals surface area contributed by atoms with Crippen molar-refractivity contribution in [2.24, 2.45) is 13.0 Å². The Hall–Kier alpha value is -2.72. The van der Waals surface area contributed by atoms with Crippen LogP contribution >= 0.6 is 11.8 Å². The Morgan fingerprint density at radius 2 is 1.91 bits per heavy atom. The summed E-state index contributed by atoms with van der Waals surface area (Å²) in [5.41, 5.74) is 1.29. The molecule has 32 heavy (non-hydrogen) atoms. The van der Waals surface area contributed by atoms with Crippen molar-refractivity contribution in [3.05, 3.63) is 71.8 Å². The number of rotatable bonds is 7. The minimum atomic E-state index is -2.96. The number of sulfone groups is 1. The number of thioether (sulfide) groups is 1. The average Bonchev–Trinajstić information content (AvgIpc) is 3.30. The molecule has 3 aromatic rings. The van der Waals surface area contributed by atoms with Crippen molar-refractivity contribution >= 4 is 33.2 Å². The van der Waals surface area contributed by atoms with E-state index in [9.17, 15) is 17.6 Å². The summed E-state index contributed by atoms with van der Waals surface area (Å²) in [6.07, 6.45) is 1.16. The molecule has 1 N–H and O–H groups in total. The highest BCUT2D eigenvalue weighted by atomic mass is 32.2. The maximum absolute atomic E-state index is 13.2. The number of nitrogens with one attached hydrogen (secondary N) is 1. The SMILES string of the molecule is Cn1c(CC2CCS(=O)(=O)C2)nnc1SC(C(=O)Nc1ccc(F)cc1)c1ccccc1. The van der Waals surface area contributed by atoms with Gasteiger partial charge in [-0.25, -0.2) is 12.8 Å². The van der Waals surface area contributed by atoms with Gasteiger partial charge in [0.05, 0.1) is 11.5 Å². The topological polar surface area (TPSA) is 93.9 Å². The first-order valence-electron chi connectivity index (χ1n) is 10.2. The van der Waals surface area contributed by atoms with Gasteiger partial charge < -0.3 is 9.88 Å². The summed E-state index contributed by atoms with van der Waals surface area (Å²) < 4.78 is 38.5. The van der Waals surface area contributed by atoms with Gasteiger partial charge in [-0.1, -0.05) is 42.1 Å². The lowest BCUT2D eigenvalue weighted by atomic mass is 10.1. The molecular weight excluding hydrogens is 451 g/mol. The van der Waals surface area contributed by atoms with Crippen molar-refractivity contribution in [3.8, 4) is 0 Å². The normalized spacial score (nSPS) is 18.4. The zero-order chi connectivity index (χ0) is 22.7. The zero-order valence-corrected chi connectivity index (χ0v) is 19.1. The highest BCUT2D eigenvalue weighted by Gasteiger charge is 2.30. The molecule has 1 fully saturated rings. The second-order valence-electron chi connectivity index (χ2n) is 7.84. The van der Waals surface area contributed by atoms with Gasteiger partial charge in [-0.3, -0.25) is 4.79 Å². The van der Waals surface area contributed by atoms with Gasteiger partial charge in [0, 0.05) is 19.2 Å². The van der Waals surface area contributed by atoms with Crippen LogP contribution in [0.1, 0.15) is 23.1 Å². The maximum Gasteiger partial charge on any atom is 0.242 e. The molecule has 1 aliphatic rings. The molecular formula is C22H23FN4O3S2. The Kier molecular flexibility index (Phi) is 6.61. The van der Waals surface area contributed by atoms with E-state index in [1.165, 1.54) is 36.0 Å². The van der Waals surface area contributed by atoms with Crippen LogP contribution < -0.4 is 5.32 Å². The number of aromatic nitrogens is 3. The molecule has 168 valence electrons. The number of carbonyl (C=O) groups excluding carboxylic acids is 1. The van der Waals surface area contributed by atoms with Gasteiger partial charge in [-0.2, -0.15) is 0 Å². The fourth-order valence-corrected chi connectivity index (χ4v) is 6.55. The summed E-state index contributed by atoms with van der Waals surface area (Å²) in [5, 5.41) is 11.3. The number of hydrogen-bond donors (Lipinski definition) is 1. The molecule has 10 heteroatoms. The Balaban J connectivity index is 1.53. The van der Waals surface area contributed by atoms with E-state index >= 15 is 0 Å². The van der Waals surface area contributed by atoms with Crippen LogP contribution in [-0.4, -0.2) is 40.6 Å². The van der Waals surface area contributed by atoms with Crippen LogP contribution in [0.3, 0.4) is 0 Å². The van der Waals surface area contributed by atoms with E-state index in [0.29, 0.717) is 29.5 Å². The predicted octanol–water partition coefficient (Wildman–Crippen LogP) is 3.40. The number of nitrogens with zero attached hydrogens (tertiary/aromatic N) is 3. The number of hydrogen-bond acceptors (Lipinski definition) is 6. The van der Waals surface area contributed by atoms with Crippen molar-refractivity contribution in [2.45, 2.75) is 23.2 Å². The van der Waals surface area contributed by atoms with Gasteiger partial charge in [0.25, 0.3) is 0 Å². The quantitative estimate of drug-likeness (QED) is 0.528. The smallest absolute Gasteiger partial charge is 0.242 e. The Bertz CT molecular complexity index is 1200.